The van der Waals surface area contributed by atoms with Crippen LogP contribution >= 0.6 is 0 Å². The third kappa shape index (κ3) is 4.49. The Morgan fingerprint density at radius 1 is 0.967 bits per heavy atom. The lowest BCUT2D eigenvalue weighted by molar-refractivity contribution is -0.147. The van der Waals surface area contributed by atoms with E-state index in [1.165, 1.54) is 0 Å². The van der Waals surface area contributed by atoms with Crippen molar-refractivity contribution in [3.63, 3.8) is 0 Å². The molecule has 0 radical (unpaired) electrons. The highest BCUT2D eigenvalue weighted by atomic mass is 16.5. The maximum absolute atomic E-state index is 12.4. The van der Waals surface area contributed by atoms with Crippen molar-refractivity contribution in [1.82, 2.24) is 4.90 Å². The molecule has 1 atom stereocenters. The Balaban J connectivity index is 1.29. The van der Waals surface area contributed by atoms with Gasteiger partial charge in [-0.25, -0.2) is 0 Å². The van der Waals surface area contributed by atoms with Gasteiger partial charge in [0.1, 0.15) is 5.76 Å². The molecule has 0 saturated carbocycles. The summed E-state index contributed by atoms with van der Waals surface area (Å²) in [6.45, 7) is 0.243. The SMILES string of the molecule is O=C(COC(=O)[C@H]1CC(=O)N(Cc2ccco2)C1)c1ccc(-c2ccccc2)cc1. The Morgan fingerprint density at radius 3 is 2.40 bits per heavy atom. The van der Waals surface area contributed by atoms with Crippen LogP contribution in [0.5, 0.6) is 0 Å². The highest BCUT2D eigenvalue weighted by Crippen LogP contribution is 2.22. The molecule has 6 heteroatoms. The van der Waals surface area contributed by atoms with Gasteiger partial charge in [-0.15, -0.1) is 0 Å². The smallest absolute Gasteiger partial charge is 0.311 e. The molecular weight excluding hydrogens is 382 g/mol. The summed E-state index contributed by atoms with van der Waals surface area (Å²) in [6, 6.07) is 20.6. The predicted octanol–water partition coefficient (Wildman–Crippen LogP) is 3.72. The number of Topliss-reactive ketones (excluding diaryl/α,β-unsaturated/α-hetero) is 1. The molecule has 30 heavy (non-hydrogen) atoms. The Hall–Kier alpha value is -3.67. The lowest BCUT2D eigenvalue weighted by atomic mass is 10.0. The van der Waals surface area contributed by atoms with Crippen molar-refractivity contribution in [3.8, 4) is 11.1 Å². The fourth-order valence-corrected chi connectivity index (χ4v) is 3.49. The van der Waals surface area contributed by atoms with Crippen LogP contribution in [-0.4, -0.2) is 35.7 Å². The first kappa shape index (κ1) is 19.6. The number of ketones is 1. The average Bonchev–Trinajstić information content (AvgIpc) is 3.43. The van der Waals surface area contributed by atoms with Crippen LogP contribution in [0.2, 0.25) is 0 Å². The zero-order chi connectivity index (χ0) is 20.9. The van der Waals surface area contributed by atoms with Crippen LogP contribution in [0.3, 0.4) is 0 Å². The van der Waals surface area contributed by atoms with Crippen molar-refractivity contribution >= 4 is 17.7 Å². The molecule has 0 N–H and O–H groups in total. The molecule has 1 aliphatic rings. The number of hydrogen-bond acceptors (Lipinski definition) is 5. The Morgan fingerprint density at radius 2 is 1.70 bits per heavy atom. The Bertz CT molecular complexity index is 1030. The average molecular weight is 403 g/mol. The summed E-state index contributed by atoms with van der Waals surface area (Å²) in [5.41, 5.74) is 2.54. The molecule has 1 fully saturated rings. The van der Waals surface area contributed by atoms with Gasteiger partial charge in [0.15, 0.2) is 12.4 Å². The van der Waals surface area contributed by atoms with E-state index in [0.717, 1.165) is 11.1 Å². The van der Waals surface area contributed by atoms with E-state index in [1.807, 2.05) is 42.5 Å². The standard InChI is InChI=1S/C24H21NO5/c26-22(19-10-8-18(9-11-19)17-5-2-1-3-6-17)16-30-24(28)20-13-23(27)25(14-20)15-21-7-4-12-29-21/h1-12,20H,13-16H2/t20-/m0/s1. The fraction of sp³-hybridized carbons (Fsp3) is 0.208. The minimum atomic E-state index is -0.569. The summed E-state index contributed by atoms with van der Waals surface area (Å²) in [4.78, 5) is 38.4. The molecule has 1 saturated heterocycles. The zero-order valence-electron chi connectivity index (χ0n) is 16.3. The molecule has 0 unspecified atom stereocenters. The van der Waals surface area contributed by atoms with Gasteiger partial charge in [0.2, 0.25) is 5.91 Å². The van der Waals surface area contributed by atoms with Crippen LogP contribution in [0, 0.1) is 5.92 Å². The topological polar surface area (TPSA) is 76.8 Å². The number of hydrogen-bond donors (Lipinski definition) is 0. The van der Waals surface area contributed by atoms with Gasteiger partial charge < -0.3 is 14.1 Å². The van der Waals surface area contributed by atoms with Crippen LogP contribution in [0.1, 0.15) is 22.5 Å². The number of amides is 1. The number of carbonyl (C=O) groups is 3. The van der Waals surface area contributed by atoms with Crippen LogP contribution in [0.15, 0.2) is 77.4 Å². The van der Waals surface area contributed by atoms with Gasteiger partial charge in [0.05, 0.1) is 18.7 Å². The summed E-state index contributed by atoms with van der Waals surface area (Å²) in [5.74, 6) is -0.845. The van der Waals surface area contributed by atoms with Crippen LogP contribution in [-0.2, 0) is 20.9 Å². The molecule has 0 aliphatic carbocycles. The second-order valence-corrected chi connectivity index (χ2v) is 7.23. The molecule has 0 spiro atoms. The van der Waals surface area contributed by atoms with Gasteiger partial charge in [0.25, 0.3) is 0 Å². The van der Waals surface area contributed by atoms with E-state index >= 15 is 0 Å². The van der Waals surface area contributed by atoms with Crippen molar-refractivity contribution in [2.75, 3.05) is 13.2 Å². The summed E-state index contributed by atoms with van der Waals surface area (Å²) in [6.07, 6.45) is 1.62. The van der Waals surface area contributed by atoms with E-state index in [4.69, 9.17) is 9.15 Å². The van der Waals surface area contributed by atoms with E-state index in [0.29, 0.717) is 17.9 Å². The first-order valence-corrected chi connectivity index (χ1v) is 9.75. The molecule has 1 aromatic heterocycles. The van der Waals surface area contributed by atoms with Crippen molar-refractivity contribution in [2.24, 2.45) is 5.92 Å². The van der Waals surface area contributed by atoms with Gasteiger partial charge in [-0.2, -0.15) is 0 Å². The second-order valence-electron chi connectivity index (χ2n) is 7.23. The van der Waals surface area contributed by atoms with Crippen LogP contribution < -0.4 is 0 Å². The summed E-state index contributed by atoms with van der Waals surface area (Å²) < 4.78 is 10.4. The lowest BCUT2D eigenvalue weighted by Gasteiger charge is -2.14. The zero-order valence-corrected chi connectivity index (χ0v) is 16.3. The third-order valence-electron chi connectivity index (χ3n) is 5.13. The molecule has 0 bridgehead atoms. The number of esters is 1. The number of carbonyl (C=O) groups excluding carboxylic acids is 3. The van der Waals surface area contributed by atoms with Crippen LogP contribution in [0.25, 0.3) is 11.1 Å². The van der Waals surface area contributed by atoms with Gasteiger partial charge in [0, 0.05) is 18.5 Å². The first-order valence-electron chi connectivity index (χ1n) is 9.75. The van der Waals surface area contributed by atoms with Crippen LogP contribution in [0.4, 0.5) is 0 Å². The van der Waals surface area contributed by atoms with E-state index < -0.39 is 11.9 Å². The Kier molecular flexibility index (Phi) is 5.75. The first-order chi connectivity index (χ1) is 14.6. The molecule has 4 rings (SSSR count). The van der Waals surface area contributed by atoms with Crippen molar-refractivity contribution in [1.29, 1.82) is 0 Å². The maximum Gasteiger partial charge on any atom is 0.311 e. The van der Waals surface area contributed by atoms with Crippen molar-refractivity contribution in [3.05, 3.63) is 84.3 Å². The third-order valence-corrected chi connectivity index (χ3v) is 5.13. The largest absolute Gasteiger partial charge is 0.467 e. The van der Waals surface area contributed by atoms with Crippen molar-refractivity contribution < 1.29 is 23.5 Å². The molecule has 152 valence electrons. The predicted molar refractivity (Wildman–Crippen MR) is 109 cm³/mol. The van der Waals surface area contributed by atoms with Gasteiger partial charge in [-0.05, 0) is 23.3 Å². The molecule has 6 nitrogen and oxygen atoms in total. The van der Waals surface area contributed by atoms with Gasteiger partial charge in [-0.1, -0.05) is 54.6 Å². The molecule has 2 aromatic carbocycles. The number of nitrogens with zero attached hydrogens (tertiary/aromatic N) is 1. The summed E-state index contributed by atoms with van der Waals surface area (Å²) >= 11 is 0. The van der Waals surface area contributed by atoms with E-state index in [1.54, 1.807) is 35.4 Å². The van der Waals surface area contributed by atoms with E-state index in [-0.39, 0.29) is 31.3 Å². The summed E-state index contributed by atoms with van der Waals surface area (Å²) in [5, 5.41) is 0. The monoisotopic (exact) mass is 403 g/mol. The molecule has 1 amide bonds. The molecule has 1 aliphatic heterocycles. The van der Waals surface area contributed by atoms with E-state index in [9.17, 15) is 14.4 Å². The van der Waals surface area contributed by atoms with Gasteiger partial charge in [-0.3, -0.25) is 14.4 Å². The molecular formula is C24H21NO5. The highest BCUT2D eigenvalue weighted by molar-refractivity contribution is 5.98. The van der Waals surface area contributed by atoms with Crippen molar-refractivity contribution in [2.45, 2.75) is 13.0 Å². The highest BCUT2D eigenvalue weighted by Gasteiger charge is 2.35. The normalized spacial score (nSPS) is 15.9. The molecule has 3 aromatic rings. The fourth-order valence-electron chi connectivity index (χ4n) is 3.49. The lowest BCUT2D eigenvalue weighted by Crippen LogP contribution is -2.27. The quantitative estimate of drug-likeness (QED) is 0.444. The van der Waals surface area contributed by atoms with E-state index in [2.05, 4.69) is 0 Å². The number of benzene rings is 2. The minimum Gasteiger partial charge on any atom is -0.467 e. The van der Waals surface area contributed by atoms with Gasteiger partial charge >= 0.3 is 5.97 Å². The second kappa shape index (κ2) is 8.78. The number of rotatable bonds is 7. The number of ether oxygens (including phenoxy) is 1. The maximum atomic E-state index is 12.4. The summed E-state index contributed by atoms with van der Waals surface area (Å²) in [7, 11) is 0. The number of furan rings is 1. The Labute approximate surface area is 174 Å². The number of likely N-dealkylation sites (tertiary alicyclic amines) is 1. The minimum absolute atomic E-state index is 0.0828. The molecule has 2 heterocycles.